The van der Waals surface area contributed by atoms with E-state index in [4.69, 9.17) is 0 Å². The van der Waals surface area contributed by atoms with Gasteiger partial charge >= 0.3 is 0 Å². The first-order valence-electron chi connectivity index (χ1n) is 8.43. The van der Waals surface area contributed by atoms with Gasteiger partial charge in [-0.2, -0.15) is 0 Å². The molecule has 0 heteroatoms. The zero-order valence-electron chi connectivity index (χ0n) is 14.1. The molecule has 20 heavy (non-hydrogen) atoms. The molecule has 0 heterocycles. The Morgan fingerprint density at radius 2 is 1.70 bits per heavy atom. The van der Waals surface area contributed by atoms with Crippen LogP contribution < -0.4 is 0 Å². The highest BCUT2D eigenvalue weighted by Gasteiger charge is 2.39. The van der Waals surface area contributed by atoms with Crippen molar-refractivity contribution in [1.29, 1.82) is 0 Å². The molecule has 0 amide bonds. The molecule has 0 aromatic heterocycles. The standard InChI is InChI=1S/C20H32/c1-15-7-6-8-16(2)13-14-20(5)17(3)10-12-19(11-9-15)18(20)4/h8-9,12,17-18H,6-7,10-11,13-14H2,1-5H3/b15-9-,16-8-/t17-,18+,20+/m0/s1. The zero-order valence-corrected chi connectivity index (χ0v) is 14.1. The van der Waals surface area contributed by atoms with Gasteiger partial charge in [0.25, 0.3) is 0 Å². The summed E-state index contributed by atoms with van der Waals surface area (Å²) < 4.78 is 0. The fourth-order valence-electron chi connectivity index (χ4n) is 3.86. The molecular formula is C20H32. The summed E-state index contributed by atoms with van der Waals surface area (Å²) in [5, 5.41) is 0. The first kappa shape index (κ1) is 15.6. The van der Waals surface area contributed by atoms with Gasteiger partial charge < -0.3 is 0 Å². The summed E-state index contributed by atoms with van der Waals surface area (Å²) in [5.74, 6) is 1.53. The highest BCUT2D eigenvalue weighted by molar-refractivity contribution is 5.21. The Morgan fingerprint density at radius 3 is 2.45 bits per heavy atom. The number of hydrogen-bond donors (Lipinski definition) is 0. The lowest BCUT2D eigenvalue weighted by molar-refractivity contribution is 0.110. The Labute approximate surface area is 126 Å². The highest BCUT2D eigenvalue weighted by Crippen LogP contribution is 2.49. The minimum Gasteiger partial charge on any atom is -0.0853 e. The summed E-state index contributed by atoms with van der Waals surface area (Å²) >= 11 is 0. The average Bonchev–Trinajstić information content (AvgIpc) is 2.41. The minimum atomic E-state index is 0.472. The lowest BCUT2D eigenvalue weighted by atomic mass is 9.59. The molecule has 0 unspecified atom stereocenters. The van der Waals surface area contributed by atoms with Gasteiger partial charge in [-0.05, 0) is 69.6 Å². The summed E-state index contributed by atoms with van der Waals surface area (Å²) in [5.41, 5.74) is 5.31. The molecule has 0 aromatic carbocycles. The van der Waals surface area contributed by atoms with Crippen molar-refractivity contribution >= 4 is 0 Å². The van der Waals surface area contributed by atoms with Gasteiger partial charge in [0.2, 0.25) is 0 Å². The largest absolute Gasteiger partial charge is 0.0853 e. The van der Waals surface area contributed by atoms with Crippen molar-refractivity contribution in [2.45, 2.75) is 73.1 Å². The maximum atomic E-state index is 2.54. The summed E-state index contributed by atoms with van der Waals surface area (Å²) in [7, 11) is 0. The van der Waals surface area contributed by atoms with E-state index in [0.717, 1.165) is 11.8 Å². The lowest BCUT2D eigenvalue weighted by Gasteiger charge is -2.45. The van der Waals surface area contributed by atoms with Crippen LogP contribution in [-0.4, -0.2) is 0 Å². The van der Waals surface area contributed by atoms with Crippen LogP contribution in [0.5, 0.6) is 0 Å². The third-order valence-electron chi connectivity index (χ3n) is 6.18. The van der Waals surface area contributed by atoms with Crippen LogP contribution in [0.1, 0.15) is 73.1 Å². The second kappa shape index (κ2) is 6.33. The van der Waals surface area contributed by atoms with Crippen LogP contribution in [0.15, 0.2) is 34.9 Å². The second-order valence-corrected chi connectivity index (χ2v) is 7.49. The van der Waals surface area contributed by atoms with E-state index in [1.54, 1.807) is 16.7 Å². The Bertz CT molecular complexity index is 435. The van der Waals surface area contributed by atoms with Gasteiger partial charge in [-0.25, -0.2) is 0 Å². The topological polar surface area (TPSA) is 0 Å². The van der Waals surface area contributed by atoms with E-state index < -0.39 is 0 Å². The van der Waals surface area contributed by atoms with Crippen LogP contribution in [0.2, 0.25) is 0 Å². The molecule has 2 bridgehead atoms. The van der Waals surface area contributed by atoms with E-state index in [1.807, 2.05) is 0 Å². The van der Waals surface area contributed by atoms with Crippen LogP contribution in [0.4, 0.5) is 0 Å². The summed E-state index contributed by atoms with van der Waals surface area (Å²) in [6, 6.07) is 0. The Hall–Kier alpha value is -0.780. The summed E-state index contributed by atoms with van der Waals surface area (Å²) in [6.07, 6.45) is 15.0. The van der Waals surface area contributed by atoms with Gasteiger partial charge in [0, 0.05) is 0 Å². The van der Waals surface area contributed by atoms with Crippen molar-refractivity contribution in [3.63, 3.8) is 0 Å². The monoisotopic (exact) mass is 272 g/mol. The average molecular weight is 272 g/mol. The molecule has 0 radical (unpaired) electrons. The molecular weight excluding hydrogens is 240 g/mol. The van der Waals surface area contributed by atoms with Crippen molar-refractivity contribution < 1.29 is 0 Å². The molecule has 0 saturated heterocycles. The molecule has 0 N–H and O–H groups in total. The molecule has 0 spiro atoms. The smallest absolute Gasteiger partial charge is 0.0133 e. The number of allylic oxidation sites excluding steroid dienone is 6. The van der Waals surface area contributed by atoms with E-state index in [1.165, 1.54) is 38.5 Å². The molecule has 2 rings (SSSR count). The predicted octanol–water partition coefficient (Wildman–Crippen LogP) is 6.45. The van der Waals surface area contributed by atoms with Crippen LogP contribution in [0.25, 0.3) is 0 Å². The van der Waals surface area contributed by atoms with E-state index in [2.05, 4.69) is 52.8 Å². The van der Waals surface area contributed by atoms with Crippen molar-refractivity contribution in [3.05, 3.63) is 34.9 Å². The Balaban J connectivity index is 2.30. The normalized spacial score (nSPS) is 41.4. The first-order chi connectivity index (χ1) is 9.43. The summed E-state index contributed by atoms with van der Waals surface area (Å²) in [6.45, 7) is 12.1. The fourth-order valence-corrected chi connectivity index (χ4v) is 3.86. The zero-order chi connectivity index (χ0) is 14.8. The Kier molecular flexibility index (Phi) is 4.94. The van der Waals surface area contributed by atoms with E-state index in [0.29, 0.717) is 5.41 Å². The predicted molar refractivity (Wildman–Crippen MR) is 89.7 cm³/mol. The van der Waals surface area contributed by atoms with Gasteiger partial charge in [0.1, 0.15) is 0 Å². The molecule has 0 saturated carbocycles. The quantitative estimate of drug-likeness (QED) is 0.444. The maximum Gasteiger partial charge on any atom is -0.0133 e. The van der Waals surface area contributed by atoms with Gasteiger partial charge in [-0.3, -0.25) is 0 Å². The third kappa shape index (κ3) is 3.27. The van der Waals surface area contributed by atoms with Gasteiger partial charge in [0.05, 0.1) is 0 Å². The molecule has 0 nitrogen and oxygen atoms in total. The summed E-state index contributed by atoms with van der Waals surface area (Å²) in [4.78, 5) is 0. The van der Waals surface area contributed by atoms with Crippen LogP contribution in [0, 0.1) is 17.3 Å². The molecule has 0 fully saturated rings. The van der Waals surface area contributed by atoms with Gasteiger partial charge in [-0.15, -0.1) is 0 Å². The van der Waals surface area contributed by atoms with Crippen LogP contribution in [0.3, 0.4) is 0 Å². The molecule has 2 aliphatic carbocycles. The number of fused-ring (bicyclic) bond motifs is 2. The molecule has 0 aromatic rings. The number of rotatable bonds is 0. The van der Waals surface area contributed by atoms with Crippen molar-refractivity contribution in [3.8, 4) is 0 Å². The molecule has 3 atom stereocenters. The highest BCUT2D eigenvalue weighted by atomic mass is 14.4. The van der Waals surface area contributed by atoms with Crippen molar-refractivity contribution in [2.24, 2.45) is 17.3 Å². The van der Waals surface area contributed by atoms with E-state index in [9.17, 15) is 0 Å². The molecule has 112 valence electrons. The Morgan fingerprint density at radius 1 is 1.00 bits per heavy atom. The minimum absolute atomic E-state index is 0.472. The van der Waals surface area contributed by atoms with Crippen molar-refractivity contribution in [1.82, 2.24) is 0 Å². The lowest BCUT2D eigenvalue weighted by Crippen LogP contribution is -2.36. The van der Waals surface area contributed by atoms with Gasteiger partial charge in [-0.1, -0.05) is 55.7 Å². The SMILES string of the molecule is C/C1=C/CC2=CC[C@H](C)[C@@](C)(CC/C(C)=C\CC1)[C@@H]2C. The molecule has 2 aliphatic rings. The van der Waals surface area contributed by atoms with E-state index in [-0.39, 0.29) is 0 Å². The van der Waals surface area contributed by atoms with Gasteiger partial charge in [0.15, 0.2) is 0 Å². The first-order valence-corrected chi connectivity index (χ1v) is 8.43. The number of hydrogen-bond acceptors (Lipinski definition) is 0. The fraction of sp³-hybridized carbons (Fsp3) is 0.700. The second-order valence-electron chi connectivity index (χ2n) is 7.49. The van der Waals surface area contributed by atoms with Crippen LogP contribution in [-0.2, 0) is 0 Å². The third-order valence-corrected chi connectivity index (χ3v) is 6.18. The maximum absolute atomic E-state index is 2.54. The van der Waals surface area contributed by atoms with E-state index >= 15 is 0 Å². The van der Waals surface area contributed by atoms with Crippen LogP contribution >= 0.6 is 0 Å². The molecule has 0 aliphatic heterocycles. The van der Waals surface area contributed by atoms with Crippen molar-refractivity contribution in [2.75, 3.05) is 0 Å².